The zero-order valence-electron chi connectivity index (χ0n) is 16.8. The predicted octanol–water partition coefficient (Wildman–Crippen LogP) is 3.58. The van der Waals surface area contributed by atoms with Crippen LogP contribution in [0, 0.1) is 5.92 Å². The minimum absolute atomic E-state index is 0.457. The zero-order chi connectivity index (χ0) is 18.9. The van der Waals surface area contributed by atoms with E-state index < -0.39 is 0 Å². The fraction of sp³-hybridized carbons (Fsp3) is 0.667. The van der Waals surface area contributed by atoms with Crippen molar-refractivity contribution in [2.75, 3.05) is 13.6 Å². The number of aromatic nitrogens is 3. The van der Waals surface area contributed by atoms with Gasteiger partial charge in [0.15, 0.2) is 11.6 Å². The number of rotatable bonds is 8. The van der Waals surface area contributed by atoms with E-state index in [1.54, 1.807) is 0 Å². The molecule has 3 rings (SSSR count). The first kappa shape index (κ1) is 19.6. The van der Waals surface area contributed by atoms with E-state index in [0.29, 0.717) is 6.04 Å². The largest absolute Gasteiger partial charge is 0.356 e. The maximum absolute atomic E-state index is 4.37. The Morgan fingerprint density at radius 1 is 1.26 bits per heavy atom. The highest BCUT2D eigenvalue weighted by Crippen LogP contribution is 2.27. The molecule has 1 atom stereocenters. The Bertz CT molecular complexity index is 716. The second kappa shape index (κ2) is 10.3. The van der Waals surface area contributed by atoms with Crippen molar-refractivity contribution >= 4 is 11.6 Å². The summed E-state index contributed by atoms with van der Waals surface area (Å²) in [4.78, 5) is 4.37. The number of hydrogen-bond acceptors (Lipinski definition) is 3. The second-order valence-electron chi connectivity index (χ2n) is 7.77. The quantitative estimate of drug-likeness (QED) is 0.423. The Kier molecular flexibility index (Phi) is 7.48. The molecule has 1 unspecified atom stereocenters. The number of hydrogen-bond donors (Lipinski definition) is 2. The molecule has 0 aromatic carbocycles. The van der Waals surface area contributed by atoms with Crippen LogP contribution in [0.1, 0.15) is 64.1 Å². The van der Waals surface area contributed by atoms with E-state index >= 15 is 0 Å². The Balaban J connectivity index is 1.35. The summed E-state index contributed by atoms with van der Waals surface area (Å²) in [5.74, 6) is 2.85. The Hall–Kier alpha value is -2.11. The van der Waals surface area contributed by atoms with E-state index in [9.17, 15) is 0 Å². The van der Waals surface area contributed by atoms with E-state index in [4.69, 9.17) is 0 Å². The summed E-state index contributed by atoms with van der Waals surface area (Å²) < 4.78 is 2.06. The Morgan fingerprint density at radius 3 is 2.93 bits per heavy atom. The molecule has 0 aliphatic heterocycles. The van der Waals surface area contributed by atoms with E-state index in [1.165, 1.54) is 44.9 Å². The monoisotopic (exact) mass is 370 g/mol. The molecule has 2 N–H and O–H groups in total. The Morgan fingerprint density at radius 2 is 2.11 bits per heavy atom. The van der Waals surface area contributed by atoms with Crippen molar-refractivity contribution in [2.24, 2.45) is 10.9 Å². The average molecular weight is 371 g/mol. The average Bonchev–Trinajstić information content (AvgIpc) is 3.12. The number of aryl methyl sites for hydroxylation is 1. The lowest BCUT2D eigenvalue weighted by molar-refractivity contribution is 0.322. The lowest BCUT2D eigenvalue weighted by atomic mass is 9.85. The summed E-state index contributed by atoms with van der Waals surface area (Å²) in [5.41, 5.74) is 0.907. The number of nitrogens with zero attached hydrogens (tertiary/aromatic N) is 4. The summed E-state index contributed by atoms with van der Waals surface area (Å²) in [6.45, 7) is 3.13. The van der Waals surface area contributed by atoms with Crippen LogP contribution in [0.2, 0.25) is 0 Å². The number of guanidine groups is 1. The first-order valence-electron chi connectivity index (χ1n) is 10.5. The van der Waals surface area contributed by atoms with Crippen LogP contribution in [0.5, 0.6) is 0 Å². The minimum Gasteiger partial charge on any atom is -0.356 e. The molecule has 1 aliphatic carbocycles. The second-order valence-corrected chi connectivity index (χ2v) is 7.77. The van der Waals surface area contributed by atoms with Crippen molar-refractivity contribution in [1.82, 2.24) is 25.2 Å². The number of aliphatic imine (C=N–C) groups is 1. The van der Waals surface area contributed by atoms with Gasteiger partial charge in [0.2, 0.25) is 0 Å². The van der Waals surface area contributed by atoms with Crippen LogP contribution in [-0.4, -0.2) is 40.2 Å². The molecule has 0 spiro atoms. The third-order valence-electron chi connectivity index (χ3n) is 5.59. The molecular weight excluding hydrogens is 336 g/mol. The van der Waals surface area contributed by atoms with Crippen LogP contribution in [0.15, 0.2) is 29.4 Å². The molecule has 1 aliphatic rings. The maximum atomic E-state index is 4.37. The van der Waals surface area contributed by atoms with Gasteiger partial charge in [-0.3, -0.25) is 9.39 Å². The van der Waals surface area contributed by atoms with Gasteiger partial charge in [-0.2, -0.15) is 0 Å². The smallest absolute Gasteiger partial charge is 0.191 e. The molecule has 2 heterocycles. The highest BCUT2D eigenvalue weighted by Gasteiger charge is 2.15. The van der Waals surface area contributed by atoms with E-state index in [-0.39, 0.29) is 0 Å². The summed E-state index contributed by atoms with van der Waals surface area (Å²) in [7, 11) is 1.84. The van der Waals surface area contributed by atoms with Crippen LogP contribution in [0.4, 0.5) is 0 Å². The van der Waals surface area contributed by atoms with Crippen molar-refractivity contribution in [2.45, 2.75) is 70.8 Å². The van der Waals surface area contributed by atoms with Gasteiger partial charge in [-0.05, 0) is 44.2 Å². The van der Waals surface area contributed by atoms with Gasteiger partial charge >= 0.3 is 0 Å². The molecule has 6 nitrogen and oxygen atoms in total. The molecule has 1 fully saturated rings. The van der Waals surface area contributed by atoms with Crippen molar-refractivity contribution < 1.29 is 0 Å². The number of pyridine rings is 1. The van der Waals surface area contributed by atoms with Crippen LogP contribution in [0.3, 0.4) is 0 Å². The molecule has 1 saturated carbocycles. The van der Waals surface area contributed by atoms with Crippen LogP contribution >= 0.6 is 0 Å². The van der Waals surface area contributed by atoms with Crippen molar-refractivity contribution in [3.8, 4) is 0 Å². The maximum Gasteiger partial charge on any atom is 0.191 e. The minimum atomic E-state index is 0.457. The number of fused-ring (bicyclic) bond motifs is 1. The van der Waals surface area contributed by atoms with Gasteiger partial charge in [-0.1, -0.05) is 38.2 Å². The first-order chi connectivity index (χ1) is 13.3. The highest BCUT2D eigenvalue weighted by atomic mass is 15.2. The topological polar surface area (TPSA) is 66.6 Å². The third kappa shape index (κ3) is 5.94. The fourth-order valence-corrected chi connectivity index (χ4v) is 3.98. The Labute approximate surface area is 162 Å². The van der Waals surface area contributed by atoms with Crippen LogP contribution < -0.4 is 10.6 Å². The molecule has 0 saturated heterocycles. The van der Waals surface area contributed by atoms with Crippen molar-refractivity contribution in [3.63, 3.8) is 0 Å². The zero-order valence-corrected chi connectivity index (χ0v) is 16.8. The molecule has 2 aromatic heterocycles. The SMILES string of the molecule is CN=C(NCCCc1nnc2ccccn12)NC(C)CCC1CCCCC1. The summed E-state index contributed by atoms with van der Waals surface area (Å²) in [6.07, 6.45) is 13.6. The van der Waals surface area contributed by atoms with Gasteiger partial charge in [0.05, 0.1) is 0 Å². The van der Waals surface area contributed by atoms with Gasteiger partial charge in [-0.25, -0.2) is 0 Å². The number of nitrogens with one attached hydrogen (secondary N) is 2. The molecular formula is C21H34N6. The molecule has 0 amide bonds. The van der Waals surface area contributed by atoms with E-state index in [0.717, 1.165) is 42.7 Å². The van der Waals surface area contributed by atoms with Gasteiger partial charge in [-0.15, -0.1) is 10.2 Å². The highest BCUT2D eigenvalue weighted by molar-refractivity contribution is 5.79. The van der Waals surface area contributed by atoms with Gasteiger partial charge in [0.25, 0.3) is 0 Å². The molecule has 27 heavy (non-hydrogen) atoms. The third-order valence-corrected chi connectivity index (χ3v) is 5.59. The first-order valence-corrected chi connectivity index (χ1v) is 10.5. The summed E-state index contributed by atoms with van der Waals surface area (Å²) in [6, 6.07) is 6.44. The fourth-order valence-electron chi connectivity index (χ4n) is 3.98. The van der Waals surface area contributed by atoms with Crippen molar-refractivity contribution in [3.05, 3.63) is 30.2 Å². The summed E-state index contributed by atoms with van der Waals surface area (Å²) in [5, 5.41) is 15.5. The lowest BCUT2D eigenvalue weighted by Crippen LogP contribution is -2.42. The lowest BCUT2D eigenvalue weighted by Gasteiger charge is -2.24. The normalized spacial score (nSPS) is 17.2. The van der Waals surface area contributed by atoms with Gasteiger partial charge in [0.1, 0.15) is 5.82 Å². The molecule has 2 aromatic rings. The predicted molar refractivity (Wildman–Crippen MR) is 111 cm³/mol. The van der Waals surface area contributed by atoms with Crippen molar-refractivity contribution in [1.29, 1.82) is 0 Å². The molecule has 148 valence electrons. The molecule has 0 bridgehead atoms. The van der Waals surface area contributed by atoms with Gasteiger partial charge in [0, 0.05) is 32.3 Å². The molecule has 0 radical (unpaired) electrons. The molecule has 6 heteroatoms. The van der Waals surface area contributed by atoms with Gasteiger partial charge < -0.3 is 10.6 Å². The summed E-state index contributed by atoms with van der Waals surface area (Å²) >= 11 is 0. The van der Waals surface area contributed by atoms with E-state index in [2.05, 4.69) is 37.1 Å². The standard InChI is InChI=1S/C21H34N6/c1-17(13-14-18-9-4-3-5-10-18)24-21(22-2)23-15-8-12-20-26-25-19-11-6-7-16-27(19)20/h6-7,11,16-18H,3-5,8-10,12-15H2,1-2H3,(H2,22,23,24). The van der Waals surface area contributed by atoms with Crippen LogP contribution in [0.25, 0.3) is 5.65 Å². The van der Waals surface area contributed by atoms with Crippen LogP contribution in [-0.2, 0) is 6.42 Å². The van der Waals surface area contributed by atoms with E-state index in [1.807, 2.05) is 31.4 Å².